The van der Waals surface area contributed by atoms with Gasteiger partial charge in [-0.25, -0.2) is 43.9 Å². The summed E-state index contributed by atoms with van der Waals surface area (Å²) in [4.78, 5) is 0. The number of halogens is 10. The fourth-order valence-corrected chi connectivity index (χ4v) is 6.47. The lowest BCUT2D eigenvalue weighted by Crippen LogP contribution is -2.20. The van der Waals surface area contributed by atoms with Crippen molar-refractivity contribution in [1.29, 1.82) is 26.3 Å². The molecule has 5 atom stereocenters. The SMILES string of the molecule is CCCCC(c1c(F)c(F)c(C#N)c(F)c1P)C1C(=C(/C#N)C2C#CC(C)/C(F)=C(/C#N)C(F)=C2F)/C1=C(/C#N)c1c(F)c(F)c(C#N)c(F)c1F. The van der Waals surface area contributed by atoms with Crippen molar-refractivity contribution < 1.29 is 43.9 Å². The maximum Gasteiger partial charge on any atom is 0.180 e. The predicted octanol–water partition coefficient (Wildman–Crippen LogP) is 8.77. The lowest BCUT2D eigenvalue weighted by molar-refractivity contribution is 0.446. The molecule has 0 aliphatic heterocycles. The molecular weight excluding hydrogens is 723 g/mol. The number of nitriles is 5. The van der Waals surface area contributed by atoms with E-state index >= 15 is 30.7 Å². The van der Waals surface area contributed by atoms with Gasteiger partial charge in [0.1, 0.15) is 52.7 Å². The molecule has 16 heteroatoms. The zero-order valence-corrected chi connectivity index (χ0v) is 27.7. The summed E-state index contributed by atoms with van der Waals surface area (Å²) in [5.74, 6) is -22.8. The highest BCUT2D eigenvalue weighted by Gasteiger charge is 2.52. The van der Waals surface area contributed by atoms with Gasteiger partial charge in [0.15, 0.2) is 52.4 Å². The van der Waals surface area contributed by atoms with Gasteiger partial charge in [0.05, 0.1) is 28.7 Å². The first kappa shape index (κ1) is 38.9. The first-order chi connectivity index (χ1) is 24.6. The van der Waals surface area contributed by atoms with Crippen molar-refractivity contribution in [3.63, 3.8) is 0 Å². The Morgan fingerprint density at radius 2 is 1.27 bits per heavy atom. The summed E-state index contributed by atoms with van der Waals surface area (Å²) in [5.41, 5.74) is -10.6. The zero-order chi connectivity index (χ0) is 38.9. The minimum Gasteiger partial charge on any atom is -0.209 e. The molecule has 0 saturated heterocycles. The van der Waals surface area contributed by atoms with Gasteiger partial charge in [-0.3, -0.25) is 0 Å². The van der Waals surface area contributed by atoms with E-state index in [0.717, 1.165) is 19.1 Å². The van der Waals surface area contributed by atoms with Crippen LogP contribution in [-0.2, 0) is 0 Å². The molecule has 5 nitrogen and oxygen atoms in total. The summed E-state index contributed by atoms with van der Waals surface area (Å²) in [6.07, 6.45) is 0.0774. The van der Waals surface area contributed by atoms with E-state index in [2.05, 4.69) is 11.8 Å². The maximum absolute atomic E-state index is 15.8. The molecule has 1 fully saturated rings. The molecule has 0 heterocycles. The van der Waals surface area contributed by atoms with E-state index in [0.29, 0.717) is 6.42 Å². The molecule has 262 valence electrons. The number of hydrogen-bond acceptors (Lipinski definition) is 5. The molecule has 52 heavy (non-hydrogen) atoms. The molecule has 0 bridgehead atoms. The van der Waals surface area contributed by atoms with Crippen LogP contribution in [0.15, 0.2) is 39.8 Å². The van der Waals surface area contributed by atoms with Gasteiger partial charge < -0.3 is 0 Å². The lowest BCUT2D eigenvalue weighted by atomic mass is 9.85. The van der Waals surface area contributed by atoms with Crippen molar-refractivity contribution in [1.82, 2.24) is 0 Å². The Kier molecular flexibility index (Phi) is 11.4. The van der Waals surface area contributed by atoms with E-state index in [-0.39, 0.29) is 12.8 Å². The van der Waals surface area contributed by atoms with Gasteiger partial charge in [-0.2, -0.15) is 26.3 Å². The topological polar surface area (TPSA) is 119 Å². The Hall–Kier alpha value is -5.86. The third-order valence-electron chi connectivity index (χ3n) is 8.54. The van der Waals surface area contributed by atoms with Crippen molar-refractivity contribution in [3.8, 4) is 42.2 Å². The summed E-state index contributed by atoms with van der Waals surface area (Å²) < 4.78 is 152. The number of nitrogens with zero attached hydrogens (tertiary/aromatic N) is 5. The fraction of sp³-hybridized carbons (Fsp3) is 0.250. The van der Waals surface area contributed by atoms with Gasteiger partial charge in [-0.15, -0.1) is 9.24 Å². The second-order valence-corrected chi connectivity index (χ2v) is 12.0. The van der Waals surface area contributed by atoms with Gasteiger partial charge in [0.2, 0.25) is 0 Å². The van der Waals surface area contributed by atoms with Crippen LogP contribution in [0.4, 0.5) is 43.9 Å². The third-order valence-corrected chi connectivity index (χ3v) is 9.10. The van der Waals surface area contributed by atoms with Crippen LogP contribution in [0, 0.1) is 127 Å². The molecule has 0 radical (unpaired) electrons. The van der Waals surface area contributed by atoms with Crippen LogP contribution in [0.25, 0.3) is 5.57 Å². The Labute approximate surface area is 291 Å². The first-order valence-corrected chi connectivity index (χ1v) is 15.5. The molecule has 0 amide bonds. The number of unbranched alkanes of at least 4 members (excludes halogenated alkanes) is 1. The van der Waals surface area contributed by atoms with Crippen LogP contribution in [0.5, 0.6) is 0 Å². The van der Waals surface area contributed by atoms with Crippen molar-refractivity contribution in [2.75, 3.05) is 0 Å². The quantitative estimate of drug-likeness (QED) is 0.0925. The van der Waals surface area contributed by atoms with Crippen molar-refractivity contribution in [3.05, 3.63) is 103 Å². The number of allylic oxidation sites excluding steroid dienone is 8. The smallest absolute Gasteiger partial charge is 0.180 e. The summed E-state index contributed by atoms with van der Waals surface area (Å²) in [6.45, 7) is 2.68. The largest absolute Gasteiger partial charge is 0.209 e. The molecule has 1 saturated carbocycles. The highest BCUT2D eigenvalue weighted by Crippen LogP contribution is 2.61. The number of rotatable bonds is 7. The van der Waals surface area contributed by atoms with E-state index in [1.165, 1.54) is 18.2 Å². The number of hydrogen-bond donors (Lipinski definition) is 0. The Morgan fingerprint density at radius 1 is 0.712 bits per heavy atom. The van der Waals surface area contributed by atoms with E-state index in [1.54, 1.807) is 16.2 Å². The molecule has 5 unspecified atom stereocenters. The van der Waals surface area contributed by atoms with Crippen LogP contribution in [0.3, 0.4) is 0 Å². The van der Waals surface area contributed by atoms with Crippen LogP contribution in [0.1, 0.15) is 61.3 Å². The lowest BCUT2D eigenvalue weighted by Gasteiger charge is -2.21. The van der Waals surface area contributed by atoms with Crippen LogP contribution in [0.2, 0.25) is 0 Å². The summed E-state index contributed by atoms with van der Waals surface area (Å²) >= 11 is 0. The molecule has 0 spiro atoms. The summed E-state index contributed by atoms with van der Waals surface area (Å²) in [5, 5.41) is 47.4. The van der Waals surface area contributed by atoms with Crippen LogP contribution < -0.4 is 5.30 Å². The maximum atomic E-state index is 15.8. The van der Waals surface area contributed by atoms with Gasteiger partial charge in [0, 0.05) is 16.8 Å². The van der Waals surface area contributed by atoms with Gasteiger partial charge in [0.25, 0.3) is 0 Å². The normalized spacial score (nSPS) is 22.0. The summed E-state index contributed by atoms with van der Waals surface area (Å²) in [6, 6.07) is 6.09. The highest BCUT2D eigenvalue weighted by atomic mass is 31.0. The van der Waals surface area contributed by atoms with E-state index in [9.17, 15) is 34.2 Å². The van der Waals surface area contributed by atoms with Crippen molar-refractivity contribution >= 4 is 20.1 Å². The van der Waals surface area contributed by atoms with Crippen LogP contribution in [-0.4, -0.2) is 0 Å². The standard InChI is InChI=1S/C36H18F10N5P/c1-3-4-5-15(25-35(46)31(42)20(12-51)32(43)36(25)52)21-22(16(8-47)14-7-6-13(2)26(37)18(10-49)28(39)27(14)38)23(21)17(9-48)24-33(44)29(40)19(11-50)30(41)34(24)45/h13-15,21H,3-5,52H2,1-2H3/b22-16+,23-17-,26-18+,28-27?. The Morgan fingerprint density at radius 3 is 1.77 bits per heavy atom. The molecule has 0 N–H and O–H groups in total. The monoisotopic (exact) mass is 741 g/mol. The van der Waals surface area contributed by atoms with Gasteiger partial charge in [-0.05, 0) is 30.4 Å². The predicted molar refractivity (Wildman–Crippen MR) is 166 cm³/mol. The first-order valence-electron chi connectivity index (χ1n) is 14.9. The molecule has 2 aliphatic rings. The second kappa shape index (κ2) is 15.2. The van der Waals surface area contributed by atoms with Crippen molar-refractivity contribution in [2.45, 2.75) is 39.0 Å². The molecule has 4 rings (SSSR count). The second-order valence-electron chi connectivity index (χ2n) is 11.4. The van der Waals surface area contributed by atoms with Gasteiger partial charge in [-0.1, -0.05) is 31.6 Å². The number of benzene rings is 2. The minimum atomic E-state index is -2.34. The molecular formula is C36H18F10N5P. The molecule has 0 aromatic heterocycles. The average molecular weight is 742 g/mol. The van der Waals surface area contributed by atoms with E-state index in [4.69, 9.17) is 5.26 Å². The fourth-order valence-electron chi connectivity index (χ4n) is 5.99. The zero-order valence-electron chi connectivity index (χ0n) is 26.5. The molecule has 2 aromatic carbocycles. The minimum absolute atomic E-state index is 0.0837. The molecule has 2 aromatic rings. The van der Waals surface area contributed by atoms with Crippen molar-refractivity contribution in [2.24, 2.45) is 17.8 Å². The van der Waals surface area contributed by atoms with E-state index < -0.39 is 137 Å². The summed E-state index contributed by atoms with van der Waals surface area (Å²) in [7, 11) is 1.76. The van der Waals surface area contributed by atoms with Gasteiger partial charge >= 0.3 is 0 Å². The average Bonchev–Trinajstić information content (AvgIpc) is 3.85. The Bertz CT molecular complexity index is 2310. The third kappa shape index (κ3) is 6.20. The van der Waals surface area contributed by atoms with Crippen LogP contribution >= 0.6 is 9.24 Å². The molecule has 2 aliphatic carbocycles. The van der Waals surface area contributed by atoms with E-state index in [1.807, 2.05) is 0 Å². The Balaban J connectivity index is 2.25. The highest BCUT2D eigenvalue weighted by molar-refractivity contribution is 7.27.